The van der Waals surface area contributed by atoms with E-state index in [1.807, 2.05) is 165 Å². The fourth-order valence-corrected chi connectivity index (χ4v) is 4.25. The Kier molecular flexibility index (Phi) is 38.2. The van der Waals surface area contributed by atoms with Crippen molar-refractivity contribution in [3.05, 3.63) is 163 Å². The number of para-hydroxylation sites is 1. The van der Waals surface area contributed by atoms with Crippen molar-refractivity contribution in [1.29, 1.82) is 0 Å². The molecular weight excluding hydrogens is 742 g/mol. The molecule has 0 aliphatic heterocycles. The molecule has 0 bridgehead atoms. The Labute approximate surface area is 343 Å². The van der Waals surface area contributed by atoms with E-state index in [4.69, 9.17) is 4.42 Å². The van der Waals surface area contributed by atoms with Crippen molar-refractivity contribution in [1.82, 2.24) is 0 Å². The van der Waals surface area contributed by atoms with Crippen LogP contribution in [0.15, 0.2) is 130 Å². The first kappa shape index (κ1) is 55.1. The van der Waals surface area contributed by atoms with E-state index in [1.165, 1.54) is 11.6 Å². The molecule has 5 aromatic rings. The van der Waals surface area contributed by atoms with Crippen LogP contribution < -0.4 is 5.43 Å². The van der Waals surface area contributed by atoms with Gasteiger partial charge in [-0.05, 0) is 42.2 Å². The standard InChI is InChI=1S/C17H14O.C15H10O2.4C2H6.CH4.2CH3.2Y/c18-17-15(12-13-6-2-1-3-7-13)11-10-14-8-4-5-9-16(14)17;16-13-10-15(11-6-2-1-3-7-11)17-14-9-5-4-8-12(13)14;4*1-2;;;;;/h1-9,12H,10-11H2;1-10H;4*1-2H3;1H4;2*1H3;;/q;;;;;;;2*-1;;/b15-12+;;;;;;;;;;. The number of hydrogen-bond donors (Lipinski definition) is 0. The third-order valence-electron chi connectivity index (χ3n) is 6.05. The minimum Gasteiger partial charge on any atom is -0.456 e. The average Bonchev–Trinajstić information content (AvgIpc) is 3.11. The monoisotopic (exact) mass is 800 g/mol. The molecule has 0 saturated carbocycles. The number of rotatable bonds is 2. The van der Waals surface area contributed by atoms with Crippen LogP contribution in [0.1, 0.15) is 90.7 Å². The van der Waals surface area contributed by atoms with Crippen LogP contribution in [0.2, 0.25) is 0 Å². The second-order valence-corrected chi connectivity index (χ2v) is 8.40. The second-order valence-electron chi connectivity index (χ2n) is 8.40. The van der Waals surface area contributed by atoms with Crippen molar-refractivity contribution < 1.29 is 74.6 Å². The Morgan fingerprint density at radius 2 is 1.06 bits per heavy atom. The van der Waals surface area contributed by atoms with E-state index >= 15 is 0 Å². The molecule has 48 heavy (non-hydrogen) atoms. The van der Waals surface area contributed by atoms with E-state index < -0.39 is 0 Å². The molecule has 0 saturated heterocycles. The van der Waals surface area contributed by atoms with Crippen molar-refractivity contribution in [2.75, 3.05) is 0 Å². The number of carbonyl (C=O) groups excluding carboxylic acids is 1. The van der Waals surface area contributed by atoms with E-state index in [9.17, 15) is 9.59 Å². The molecule has 3 nitrogen and oxygen atoms in total. The van der Waals surface area contributed by atoms with Gasteiger partial charge in [-0.1, -0.05) is 160 Å². The van der Waals surface area contributed by atoms with Gasteiger partial charge in [0.1, 0.15) is 11.3 Å². The number of carbonyl (C=O) groups is 1. The third-order valence-corrected chi connectivity index (χ3v) is 6.05. The zero-order chi connectivity index (χ0) is 32.0. The summed E-state index contributed by atoms with van der Waals surface area (Å²) in [4.78, 5) is 24.3. The van der Waals surface area contributed by atoms with Gasteiger partial charge in [-0.15, -0.1) is 0 Å². The smallest absolute Gasteiger partial charge is 0.193 e. The Morgan fingerprint density at radius 3 is 1.65 bits per heavy atom. The van der Waals surface area contributed by atoms with Gasteiger partial charge < -0.3 is 19.3 Å². The van der Waals surface area contributed by atoms with Crippen LogP contribution in [0.4, 0.5) is 0 Å². The number of Topliss-reactive ketones (excluding diaryl/α,β-unsaturated/α-hetero) is 1. The molecular formula is C43H58O3Y2-2. The first-order valence-corrected chi connectivity index (χ1v) is 15.7. The summed E-state index contributed by atoms with van der Waals surface area (Å²) in [5.74, 6) is 0.787. The number of aryl methyl sites for hydroxylation is 1. The van der Waals surface area contributed by atoms with Crippen LogP contribution in [-0.2, 0) is 71.8 Å². The van der Waals surface area contributed by atoms with Crippen molar-refractivity contribution >= 4 is 22.8 Å². The van der Waals surface area contributed by atoms with Crippen LogP contribution >= 0.6 is 0 Å². The maximum absolute atomic E-state index is 12.4. The van der Waals surface area contributed by atoms with Crippen LogP contribution in [-0.4, -0.2) is 5.78 Å². The van der Waals surface area contributed by atoms with Crippen LogP contribution in [0.3, 0.4) is 0 Å². The van der Waals surface area contributed by atoms with Gasteiger partial charge in [0.25, 0.3) is 0 Å². The summed E-state index contributed by atoms with van der Waals surface area (Å²) < 4.78 is 5.73. The zero-order valence-corrected chi connectivity index (χ0v) is 36.0. The van der Waals surface area contributed by atoms with Crippen molar-refractivity contribution in [2.24, 2.45) is 0 Å². The molecule has 1 aliphatic carbocycles. The summed E-state index contributed by atoms with van der Waals surface area (Å²) in [7, 11) is 0. The molecule has 2 radical (unpaired) electrons. The second kappa shape index (κ2) is 33.2. The maximum Gasteiger partial charge on any atom is 0.193 e. The molecule has 0 fully saturated rings. The van der Waals surface area contributed by atoms with Gasteiger partial charge in [-0.3, -0.25) is 9.59 Å². The topological polar surface area (TPSA) is 47.3 Å². The normalized spacial score (nSPS) is 10.5. The van der Waals surface area contributed by atoms with Crippen molar-refractivity contribution in [2.45, 2.75) is 75.7 Å². The molecule has 256 valence electrons. The largest absolute Gasteiger partial charge is 0.456 e. The Hall–Kier alpha value is -2.29. The molecule has 5 heteroatoms. The Morgan fingerprint density at radius 1 is 0.583 bits per heavy atom. The van der Waals surface area contributed by atoms with Crippen LogP contribution in [0.5, 0.6) is 0 Å². The van der Waals surface area contributed by atoms with Crippen molar-refractivity contribution in [3.8, 4) is 11.3 Å². The number of ketones is 1. The molecule has 0 atom stereocenters. The molecule has 1 aliphatic rings. The van der Waals surface area contributed by atoms with E-state index in [-0.39, 0.29) is 98.9 Å². The maximum atomic E-state index is 12.4. The summed E-state index contributed by atoms with van der Waals surface area (Å²) in [5.41, 5.74) is 5.58. The van der Waals surface area contributed by atoms with E-state index in [1.54, 1.807) is 6.07 Å². The van der Waals surface area contributed by atoms with E-state index in [0.717, 1.165) is 35.1 Å². The SMILES string of the molecule is C.CC.CC.CC.CC.O=C1/C(=C/c2ccccc2)CCc2ccccc21.O=c1cc(-c2ccccc2)oc2ccccc12.[CH3-].[CH3-].[Y].[Y]. The van der Waals surface area contributed by atoms with E-state index in [2.05, 4.69) is 0 Å². The number of allylic oxidation sites excluding steroid dienone is 1. The fourth-order valence-electron chi connectivity index (χ4n) is 4.25. The summed E-state index contributed by atoms with van der Waals surface area (Å²) in [6, 6.07) is 36.4. The van der Waals surface area contributed by atoms with Gasteiger partial charge in [0, 0.05) is 88.2 Å². The van der Waals surface area contributed by atoms with Gasteiger partial charge in [0.05, 0.1) is 5.39 Å². The number of benzene rings is 4. The first-order valence-electron chi connectivity index (χ1n) is 15.7. The molecule has 0 spiro atoms. The Balaban J connectivity index is -0.000000196. The number of hydrogen-bond acceptors (Lipinski definition) is 3. The first-order chi connectivity index (χ1) is 21.2. The third kappa shape index (κ3) is 16.9. The van der Waals surface area contributed by atoms with Gasteiger partial charge in [0.2, 0.25) is 0 Å². The fraction of sp³-hybridized carbons (Fsp3) is 0.256. The predicted octanol–water partition coefficient (Wildman–Crippen LogP) is 13.0. The molecule has 4 aromatic carbocycles. The summed E-state index contributed by atoms with van der Waals surface area (Å²) in [6.45, 7) is 16.0. The van der Waals surface area contributed by atoms with E-state index in [0.29, 0.717) is 16.7 Å². The minimum atomic E-state index is -0.00861. The van der Waals surface area contributed by atoms with Crippen LogP contribution in [0.25, 0.3) is 28.4 Å². The summed E-state index contributed by atoms with van der Waals surface area (Å²) in [5, 5.41) is 0.618. The quantitative estimate of drug-likeness (QED) is 0.132. The van der Waals surface area contributed by atoms with Crippen LogP contribution in [0, 0.1) is 14.9 Å². The summed E-state index contributed by atoms with van der Waals surface area (Å²) >= 11 is 0. The molecule has 1 aromatic heterocycles. The van der Waals surface area contributed by atoms with Gasteiger partial charge in [-0.25, -0.2) is 0 Å². The predicted molar refractivity (Wildman–Crippen MR) is 206 cm³/mol. The molecule has 0 N–H and O–H groups in total. The van der Waals surface area contributed by atoms with Gasteiger partial charge in [-0.2, -0.15) is 0 Å². The average molecular weight is 801 g/mol. The Bertz CT molecular complexity index is 1570. The molecule has 0 amide bonds. The molecule has 0 unspecified atom stereocenters. The minimum absolute atomic E-state index is 0. The molecule has 6 rings (SSSR count). The van der Waals surface area contributed by atoms with Gasteiger partial charge >= 0.3 is 0 Å². The zero-order valence-electron chi connectivity index (χ0n) is 30.3. The van der Waals surface area contributed by atoms with Gasteiger partial charge in [0.15, 0.2) is 11.2 Å². The number of fused-ring (bicyclic) bond motifs is 2. The van der Waals surface area contributed by atoms with Crippen molar-refractivity contribution in [3.63, 3.8) is 0 Å². The molecule has 1 heterocycles. The summed E-state index contributed by atoms with van der Waals surface area (Å²) in [6.07, 6.45) is 3.81.